The number of hydrogen-bond donors (Lipinski definition) is 2. The zero-order valence-electron chi connectivity index (χ0n) is 9.80. The number of aromatic nitrogens is 2. The molecule has 17 heavy (non-hydrogen) atoms. The first kappa shape index (κ1) is 13.0. The van der Waals surface area contributed by atoms with Crippen molar-refractivity contribution in [2.75, 3.05) is 7.11 Å². The van der Waals surface area contributed by atoms with E-state index in [9.17, 15) is 9.59 Å². The number of carboxylic acid groups (broad SMARTS) is 2. The Kier molecular flexibility index (Phi) is 3.72. The van der Waals surface area contributed by atoms with Crippen molar-refractivity contribution in [1.82, 2.24) is 9.78 Å². The Morgan fingerprint density at radius 1 is 1.47 bits per heavy atom. The van der Waals surface area contributed by atoms with Crippen LogP contribution in [0.1, 0.15) is 23.6 Å². The van der Waals surface area contributed by atoms with Crippen molar-refractivity contribution < 1.29 is 24.5 Å². The van der Waals surface area contributed by atoms with Crippen LogP contribution in [0.3, 0.4) is 0 Å². The van der Waals surface area contributed by atoms with Crippen LogP contribution < -0.4 is 4.74 Å². The van der Waals surface area contributed by atoms with Crippen LogP contribution >= 0.6 is 0 Å². The summed E-state index contributed by atoms with van der Waals surface area (Å²) in [5.74, 6) is -3.27. The third kappa shape index (κ3) is 2.55. The molecule has 0 bridgehead atoms. The molecule has 0 aliphatic heterocycles. The summed E-state index contributed by atoms with van der Waals surface area (Å²) in [4.78, 5) is 21.8. The maximum absolute atomic E-state index is 11.1. The quantitative estimate of drug-likeness (QED) is 0.774. The topological polar surface area (TPSA) is 102 Å². The number of aliphatic carboxylic acids is 2. The molecule has 0 saturated carbocycles. The van der Waals surface area contributed by atoms with Crippen LogP contribution in [0.25, 0.3) is 0 Å². The third-order valence-corrected chi connectivity index (χ3v) is 2.43. The number of methoxy groups -OCH3 is 1. The fourth-order valence-corrected chi connectivity index (χ4v) is 1.78. The maximum atomic E-state index is 11.1. The van der Waals surface area contributed by atoms with E-state index < -0.39 is 24.3 Å². The van der Waals surface area contributed by atoms with E-state index in [1.54, 1.807) is 14.0 Å². The summed E-state index contributed by atoms with van der Waals surface area (Å²) in [7, 11) is 2.99. The van der Waals surface area contributed by atoms with Crippen LogP contribution in [0, 0.1) is 6.92 Å². The smallest absolute Gasteiger partial charge is 0.311 e. The molecule has 7 heteroatoms. The first-order chi connectivity index (χ1) is 7.88. The lowest BCUT2D eigenvalue weighted by molar-refractivity contribution is -0.145. The van der Waals surface area contributed by atoms with Crippen molar-refractivity contribution in [3.05, 3.63) is 11.3 Å². The van der Waals surface area contributed by atoms with E-state index >= 15 is 0 Å². The van der Waals surface area contributed by atoms with Gasteiger partial charge in [0, 0.05) is 7.05 Å². The van der Waals surface area contributed by atoms with Gasteiger partial charge in [-0.15, -0.1) is 0 Å². The van der Waals surface area contributed by atoms with Crippen LogP contribution in [0.15, 0.2) is 0 Å². The standard InChI is InChI=1S/C10H14N2O5/c1-5-8(9(17-3)12(2)11-5)6(10(15)16)4-7(13)14/h6H,4H2,1-3H3,(H,13,14)(H,15,16). The Bertz CT molecular complexity index is 452. The minimum Gasteiger partial charge on any atom is -0.481 e. The molecule has 0 aliphatic carbocycles. The first-order valence-electron chi connectivity index (χ1n) is 4.90. The lowest BCUT2D eigenvalue weighted by atomic mass is 9.96. The second-order valence-electron chi connectivity index (χ2n) is 3.62. The summed E-state index contributed by atoms with van der Waals surface area (Å²) >= 11 is 0. The number of carboxylic acids is 2. The van der Waals surface area contributed by atoms with Crippen molar-refractivity contribution in [2.24, 2.45) is 7.05 Å². The molecule has 1 atom stereocenters. The Hall–Kier alpha value is -2.05. The second kappa shape index (κ2) is 4.86. The summed E-state index contributed by atoms with van der Waals surface area (Å²) in [6.45, 7) is 1.62. The molecule has 0 aromatic carbocycles. The molecule has 0 spiro atoms. The van der Waals surface area contributed by atoms with Gasteiger partial charge in [0.1, 0.15) is 0 Å². The van der Waals surface area contributed by atoms with Crippen molar-refractivity contribution in [3.8, 4) is 5.88 Å². The minimum absolute atomic E-state index is 0.274. The summed E-state index contributed by atoms with van der Waals surface area (Å²) in [6, 6.07) is 0. The van der Waals surface area contributed by atoms with E-state index in [1.807, 2.05) is 0 Å². The number of carbonyl (C=O) groups is 2. The average Bonchev–Trinajstić information content (AvgIpc) is 2.48. The molecule has 0 radical (unpaired) electrons. The monoisotopic (exact) mass is 242 g/mol. The van der Waals surface area contributed by atoms with Crippen LogP contribution in [-0.2, 0) is 16.6 Å². The predicted octanol–water partition coefficient (Wildman–Crippen LogP) is 0.380. The van der Waals surface area contributed by atoms with Crippen LogP contribution in [0.2, 0.25) is 0 Å². The number of ether oxygens (including phenoxy) is 1. The fourth-order valence-electron chi connectivity index (χ4n) is 1.78. The molecular formula is C10H14N2O5. The molecule has 1 unspecified atom stereocenters. The molecule has 2 N–H and O–H groups in total. The molecule has 1 heterocycles. The van der Waals surface area contributed by atoms with Gasteiger partial charge in [-0.25, -0.2) is 4.68 Å². The molecule has 1 rings (SSSR count). The molecule has 0 fully saturated rings. The van der Waals surface area contributed by atoms with Crippen molar-refractivity contribution in [2.45, 2.75) is 19.3 Å². The Morgan fingerprint density at radius 2 is 2.06 bits per heavy atom. The van der Waals surface area contributed by atoms with E-state index in [1.165, 1.54) is 11.8 Å². The van der Waals surface area contributed by atoms with Crippen molar-refractivity contribution >= 4 is 11.9 Å². The van der Waals surface area contributed by atoms with Crippen molar-refractivity contribution in [1.29, 1.82) is 0 Å². The predicted molar refractivity (Wildman–Crippen MR) is 57.1 cm³/mol. The zero-order chi connectivity index (χ0) is 13.2. The van der Waals surface area contributed by atoms with Gasteiger partial charge in [-0.1, -0.05) is 0 Å². The van der Waals surface area contributed by atoms with Gasteiger partial charge in [-0.05, 0) is 6.92 Å². The van der Waals surface area contributed by atoms with Crippen LogP contribution in [-0.4, -0.2) is 39.0 Å². The number of hydrogen-bond acceptors (Lipinski definition) is 4. The summed E-state index contributed by atoms with van der Waals surface area (Å²) in [5, 5.41) is 21.8. The maximum Gasteiger partial charge on any atom is 0.311 e. The highest BCUT2D eigenvalue weighted by molar-refractivity contribution is 5.83. The van der Waals surface area contributed by atoms with Crippen molar-refractivity contribution in [3.63, 3.8) is 0 Å². The highest BCUT2D eigenvalue weighted by Gasteiger charge is 2.30. The minimum atomic E-state index is -1.21. The van der Waals surface area contributed by atoms with E-state index in [-0.39, 0.29) is 5.88 Å². The zero-order valence-corrected chi connectivity index (χ0v) is 9.80. The van der Waals surface area contributed by atoms with Gasteiger partial charge in [0.15, 0.2) is 0 Å². The van der Waals surface area contributed by atoms with Crippen LogP contribution in [0.4, 0.5) is 0 Å². The fraction of sp³-hybridized carbons (Fsp3) is 0.500. The molecule has 0 saturated heterocycles. The van der Waals surface area contributed by atoms with Gasteiger partial charge in [0.2, 0.25) is 5.88 Å². The number of nitrogens with zero attached hydrogens (tertiary/aromatic N) is 2. The Morgan fingerprint density at radius 3 is 2.47 bits per heavy atom. The molecule has 1 aromatic rings. The van der Waals surface area contributed by atoms with Gasteiger partial charge >= 0.3 is 11.9 Å². The Labute approximate surface area is 97.6 Å². The molecule has 1 aromatic heterocycles. The van der Waals surface area contributed by atoms with E-state index in [2.05, 4.69) is 5.10 Å². The van der Waals surface area contributed by atoms with Gasteiger partial charge in [-0.2, -0.15) is 5.10 Å². The van der Waals surface area contributed by atoms with E-state index in [0.29, 0.717) is 11.3 Å². The van der Waals surface area contributed by atoms with E-state index in [0.717, 1.165) is 0 Å². The van der Waals surface area contributed by atoms with E-state index in [4.69, 9.17) is 14.9 Å². The SMILES string of the molecule is COc1c(C(CC(=O)O)C(=O)O)c(C)nn1C. The number of rotatable bonds is 5. The summed E-state index contributed by atoms with van der Waals surface area (Å²) in [5.41, 5.74) is 0.767. The van der Waals surface area contributed by atoms with Gasteiger partial charge in [-0.3, -0.25) is 9.59 Å². The van der Waals surface area contributed by atoms with Gasteiger partial charge < -0.3 is 14.9 Å². The van der Waals surface area contributed by atoms with Crippen LogP contribution in [0.5, 0.6) is 5.88 Å². The summed E-state index contributed by atoms with van der Waals surface area (Å²) < 4.78 is 6.45. The normalized spacial score (nSPS) is 12.2. The highest BCUT2D eigenvalue weighted by atomic mass is 16.5. The lowest BCUT2D eigenvalue weighted by Crippen LogP contribution is -2.17. The molecular weight excluding hydrogens is 228 g/mol. The molecule has 0 aliphatic rings. The lowest BCUT2D eigenvalue weighted by Gasteiger charge is -2.11. The van der Waals surface area contributed by atoms with Gasteiger partial charge in [0.25, 0.3) is 0 Å². The molecule has 7 nitrogen and oxygen atoms in total. The highest BCUT2D eigenvalue weighted by Crippen LogP contribution is 2.31. The summed E-state index contributed by atoms with van der Waals surface area (Å²) in [6.07, 6.45) is -0.502. The number of aryl methyl sites for hydroxylation is 2. The second-order valence-corrected chi connectivity index (χ2v) is 3.62. The average molecular weight is 242 g/mol. The largest absolute Gasteiger partial charge is 0.481 e. The molecule has 94 valence electrons. The first-order valence-corrected chi connectivity index (χ1v) is 4.90. The van der Waals surface area contributed by atoms with Gasteiger partial charge in [0.05, 0.1) is 30.7 Å². The third-order valence-electron chi connectivity index (χ3n) is 2.43. The molecule has 0 amide bonds. The Balaban J connectivity index is 3.26.